The van der Waals surface area contributed by atoms with Crippen molar-refractivity contribution >= 4 is 0 Å². The number of hydrogen-bond donors (Lipinski definition) is 1. The molecule has 0 spiro atoms. The van der Waals surface area contributed by atoms with Gasteiger partial charge in [-0.2, -0.15) is 0 Å². The Hall–Kier alpha value is -0.300. The zero-order valence-electron chi connectivity index (χ0n) is 6.73. The average Bonchev–Trinajstić information content (AvgIpc) is 1.64. The highest BCUT2D eigenvalue weighted by Crippen LogP contribution is 2.14. The molecule has 0 heterocycles. The van der Waals surface area contributed by atoms with Crippen molar-refractivity contribution < 1.29 is 5.11 Å². The van der Waals surface area contributed by atoms with Crippen molar-refractivity contribution in [3.63, 3.8) is 0 Å². The van der Waals surface area contributed by atoms with Crippen molar-refractivity contribution in [2.24, 2.45) is 0 Å². The quantitative estimate of drug-likeness (QED) is 0.565. The molecule has 0 atom stereocenters. The van der Waals surface area contributed by atoms with Gasteiger partial charge < -0.3 is 5.11 Å². The first-order valence-corrected chi connectivity index (χ1v) is 3.38. The second-order valence-corrected chi connectivity index (χ2v) is 2.85. The Kier molecular flexibility index (Phi) is 2.92. The smallest absolute Gasteiger partial charge is 0.0798 e. The Morgan fingerprint density at radius 3 is 2.11 bits per heavy atom. The van der Waals surface area contributed by atoms with E-state index >= 15 is 0 Å². The van der Waals surface area contributed by atoms with Gasteiger partial charge in [-0.25, -0.2) is 0 Å². The van der Waals surface area contributed by atoms with Crippen LogP contribution in [-0.2, 0) is 0 Å². The number of rotatable bonds is 2. The Labute approximate surface area is 57.4 Å². The van der Waals surface area contributed by atoms with Crippen LogP contribution >= 0.6 is 0 Å². The fraction of sp³-hybridized carbons (Fsp3) is 0.750. The molecule has 0 saturated carbocycles. The maximum absolute atomic E-state index is 9.35. The summed E-state index contributed by atoms with van der Waals surface area (Å²) in [7, 11) is 0. The molecule has 0 fully saturated rings. The van der Waals surface area contributed by atoms with E-state index in [-0.39, 0.29) is 0 Å². The summed E-state index contributed by atoms with van der Waals surface area (Å²) in [6, 6.07) is 0. The molecule has 0 aliphatic carbocycles. The summed E-state index contributed by atoms with van der Waals surface area (Å²) < 4.78 is 0. The summed E-state index contributed by atoms with van der Waals surface area (Å²) in [4.78, 5) is 0. The normalized spacial score (nSPS) is 14.1. The Morgan fingerprint density at radius 2 is 2.00 bits per heavy atom. The highest BCUT2D eigenvalue weighted by Gasteiger charge is 2.13. The minimum atomic E-state index is -0.629. The van der Waals surface area contributed by atoms with E-state index in [0.717, 1.165) is 12.0 Å². The van der Waals surface area contributed by atoms with Crippen LogP contribution in [0.15, 0.2) is 11.6 Å². The standard InChI is InChI=1S/C8H16O/c1-5-6-7(2)8(3,4)9/h6,9H,5H2,1-4H3/b7-6+. The molecule has 0 aliphatic rings. The third-order valence-electron chi connectivity index (χ3n) is 1.48. The monoisotopic (exact) mass is 128 g/mol. The molecule has 1 nitrogen and oxygen atoms in total. The van der Waals surface area contributed by atoms with E-state index in [1.54, 1.807) is 13.8 Å². The van der Waals surface area contributed by atoms with Gasteiger partial charge in [0.1, 0.15) is 0 Å². The molecule has 0 radical (unpaired) electrons. The summed E-state index contributed by atoms with van der Waals surface area (Å²) in [6.45, 7) is 7.61. The zero-order chi connectivity index (χ0) is 7.49. The van der Waals surface area contributed by atoms with Crippen LogP contribution in [0.1, 0.15) is 34.1 Å². The predicted molar refractivity (Wildman–Crippen MR) is 40.3 cm³/mol. The van der Waals surface area contributed by atoms with E-state index in [4.69, 9.17) is 0 Å². The van der Waals surface area contributed by atoms with Crippen LogP contribution in [0.2, 0.25) is 0 Å². The topological polar surface area (TPSA) is 20.2 Å². The molecular weight excluding hydrogens is 112 g/mol. The fourth-order valence-corrected chi connectivity index (χ4v) is 0.556. The highest BCUT2D eigenvalue weighted by molar-refractivity contribution is 5.09. The molecular formula is C8H16O. The third kappa shape index (κ3) is 3.31. The van der Waals surface area contributed by atoms with Gasteiger partial charge in [-0.05, 0) is 32.8 Å². The van der Waals surface area contributed by atoms with E-state index in [2.05, 4.69) is 6.92 Å². The van der Waals surface area contributed by atoms with Crippen molar-refractivity contribution in [1.82, 2.24) is 0 Å². The van der Waals surface area contributed by atoms with Gasteiger partial charge >= 0.3 is 0 Å². The van der Waals surface area contributed by atoms with Crippen LogP contribution in [0.4, 0.5) is 0 Å². The molecule has 1 N–H and O–H groups in total. The SMILES string of the molecule is CC/C=C(\C)C(C)(C)O. The second kappa shape index (κ2) is 3.02. The van der Waals surface area contributed by atoms with Gasteiger partial charge in [0.05, 0.1) is 5.60 Å². The zero-order valence-corrected chi connectivity index (χ0v) is 6.73. The van der Waals surface area contributed by atoms with Crippen molar-refractivity contribution in [3.05, 3.63) is 11.6 Å². The summed E-state index contributed by atoms with van der Waals surface area (Å²) in [6.07, 6.45) is 3.04. The van der Waals surface area contributed by atoms with E-state index in [0.29, 0.717) is 0 Å². The molecule has 9 heavy (non-hydrogen) atoms. The third-order valence-corrected chi connectivity index (χ3v) is 1.48. The van der Waals surface area contributed by atoms with Crippen LogP contribution in [-0.4, -0.2) is 10.7 Å². The summed E-state index contributed by atoms with van der Waals surface area (Å²) in [5, 5.41) is 9.35. The minimum Gasteiger partial charge on any atom is -0.386 e. The number of allylic oxidation sites excluding steroid dienone is 1. The van der Waals surface area contributed by atoms with E-state index in [9.17, 15) is 5.11 Å². The Bertz CT molecular complexity index is 106. The van der Waals surface area contributed by atoms with Gasteiger partial charge in [0.15, 0.2) is 0 Å². The van der Waals surface area contributed by atoms with Crippen molar-refractivity contribution in [2.75, 3.05) is 0 Å². The lowest BCUT2D eigenvalue weighted by atomic mass is 9.99. The maximum atomic E-state index is 9.35. The molecule has 0 bridgehead atoms. The molecule has 0 amide bonds. The van der Waals surface area contributed by atoms with Crippen LogP contribution in [0, 0.1) is 0 Å². The average molecular weight is 128 g/mol. The largest absolute Gasteiger partial charge is 0.386 e. The lowest BCUT2D eigenvalue weighted by molar-refractivity contribution is 0.119. The molecule has 0 aliphatic heterocycles. The van der Waals surface area contributed by atoms with Crippen LogP contribution in [0.3, 0.4) is 0 Å². The molecule has 0 rings (SSSR count). The van der Waals surface area contributed by atoms with Gasteiger partial charge in [0, 0.05) is 0 Å². The summed E-state index contributed by atoms with van der Waals surface area (Å²) >= 11 is 0. The molecule has 0 saturated heterocycles. The van der Waals surface area contributed by atoms with Gasteiger partial charge in [-0.1, -0.05) is 13.0 Å². The highest BCUT2D eigenvalue weighted by atomic mass is 16.3. The van der Waals surface area contributed by atoms with Crippen LogP contribution in [0.25, 0.3) is 0 Å². The minimum absolute atomic E-state index is 0.629. The Morgan fingerprint density at radius 1 is 1.56 bits per heavy atom. The predicted octanol–water partition coefficient (Wildman–Crippen LogP) is 2.11. The lowest BCUT2D eigenvalue weighted by Crippen LogP contribution is -2.19. The first kappa shape index (κ1) is 8.70. The molecule has 0 unspecified atom stereocenters. The summed E-state index contributed by atoms with van der Waals surface area (Å²) in [5.74, 6) is 0. The molecule has 1 heteroatoms. The van der Waals surface area contributed by atoms with Crippen molar-refractivity contribution in [3.8, 4) is 0 Å². The van der Waals surface area contributed by atoms with E-state index in [1.807, 2.05) is 13.0 Å². The lowest BCUT2D eigenvalue weighted by Gasteiger charge is -2.17. The fourth-order valence-electron chi connectivity index (χ4n) is 0.556. The van der Waals surface area contributed by atoms with Gasteiger partial charge in [-0.3, -0.25) is 0 Å². The molecule has 0 aromatic carbocycles. The van der Waals surface area contributed by atoms with Gasteiger partial charge in [0.2, 0.25) is 0 Å². The van der Waals surface area contributed by atoms with Crippen LogP contribution in [0.5, 0.6) is 0 Å². The van der Waals surface area contributed by atoms with Crippen LogP contribution < -0.4 is 0 Å². The van der Waals surface area contributed by atoms with Crippen molar-refractivity contribution in [2.45, 2.75) is 39.7 Å². The van der Waals surface area contributed by atoms with Crippen molar-refractivity contribution in [1.29, 1.82) is 0 Å². The van der Waals surface area contributed by atoms with Gasteiger partial charge in [0.25, 0.3) is 0 Å². The van der Waals surface area contributed by atoms with Gasteiger partial charge in [-0.15, -0.1) is 0 Å². The molecule has 0 aromatic heterocycles. The number of aliphatic hydroxyl groups is 1. The summed E-state index contributed by atoms with van der Waals surface area (Å²) in [5.41, 5.74) is 0.417. The molecule has 54 valence electrons. The maximum Gasteiger partial charge on any atom is 0.0798 e. The van der Waals surface area contributed by atoms with E-state index < -0.39 is 5.60 Å². The first-order chi connectivity index (χ1) is 3.98. The first-order valence-electron chi connectivity index (χ1n) is 3.38. The molecule has 0 aromatic rings. The number of hydrogen-bond acceptors (Lipinski definition) is 1. The Balaban J connectivity index is 4.03. The van der Waals surface area contributed by atoms with E-state index in [1.165, 1.54) is 0 Å². The second-order valence-electron chi connectivity index (χ2n) is 2.85.